The molecule has 1 aliphatic carbocycles. The Morgan fingerprint density at radius 2 is 2.11 bits per heavy atom. The van der Waals surface area contributed by atoms with E-state index in [0.29, 0.717) is 0 Å². The molecule has 1 heterocycles. The third-order valence-electron chi connectivity index (χ3n) is 4.17. The van der Waals surface area contributed by atoms with Crippen LogP contribution in [0.25, 0.3) is 0 Å². The maximum absolute atomic E-state index is 6.09. The predicted octanol–water partition coefficient (Wildman–Crippen LogP) is 3.57. The fraction of sp³-hybridized carbons (Fsp3) is 0.800. The molecule has 0 unspecified atom stereocenters. The van der Waals surface area contributed by atoms with Crippen molar-refractivity contribution in [2.24, 2.45) is 5.92 Å². The number of hydrogen-bond acceptors (Lipinski definition) is 3. The van der Waals surface area contributed by atoms with Crippen molar-refractivity contribution in [3.05, 3.63) is 5.69 Å². The van der Waals surface area contributed by atoms with E-state index in [1.165, 1.54) is 38.5 Å². The van der Waals surface area contributed by atoms with Crippen LogP contribution in [0.3, 0.4) is 0 Å². The number of hydrogen-bond donors (Lipinski definition) is 2. The summed E-state index contributed by atoms with van der Waals surface area (Å²) in [4.78, 5) is 0. The maximum Gasteiger partial charge on any atom is 0.148 e. The van der Waals surface area contributed by atoms with Gasteiger partial charge in [-0.25, -0.2) is 4.68 Å². The van der Waals surface area contributed by atoms with Crippen LogP contribution >= 0.6 is 0 Å². The molecule has 1 aliphatic rings. The summed E-state index contributed by atoms with van der Waals surface area (Å²) in [6.45, 7) is 6.08. The van der Waals surface area contributed by atoms with Crippen LogP contribution in [-0.4, -0.2) is 16.3 Å². The molecule has 0 bridgehead atoms. The first-order valence-electron chi connectivity index (χ1n) is 7.79. The van der Waals surface area contributed by atoms with Crippen molar-refractivity contribution in [3.63, 3.8) is 0 Å². The molecule has 0 atom stereocenters. The molecular formula is C15H28N4. The third-order valence-corrected chi connectivity index (χ3v) is 4.17. The smallest absolute Gasteiger partial charge is 0.148 e. The summed E-state index contributed by atoms with van der Waals surface area (Å²) in [7, 11) is 0. The van der Waals surface area contributed by atoms with Gasteiger partial charge in [-0.15, -0.1) is 0 Å². The highest BCUT2D eigenvalue weighted by atomic mass is 15.3. The highest BCUT2D eigenvalue weighted by Gasteiger charge is 2.15. The van der Waals surface area contributed by atoms with E-state index in [0.717, 1.165) is 42.6 Å². The molecule has 108 valence electrons. The molecule has 0 radical (unpaired) electrons. The number of nitrogens with one attached hydrogen (secondary N) is 1. The predicted molar refractivity (Wildman–Crippen MR) is 81.3 cm³/mol. The quantitative estimate of drug-likeness (QED) is 0.740. The molecule has 1 aromatic rings. The Bertz CT molecular complexity index is 391. The molecule has 0 saturated heterocycles. The Hall–Kier alpha value is -1.19. The molecule has 2 rings (SSSR count). The van der Waals surface area contributed by atoms with Gasteiger partial charge in [0.1, 0.15) is 5.82 Å². The first-order valence-corrected chi connectivity index (χ1v) is 7.79. The molecule has 1 fully saturated rings. The molecule has 1 saturated carbocycles. The van der Waals surface area contributed by atoms with Gasteiger partial charge in [0, 0.05) is 13.1 Å². The summed E-state index contributed by atoms with van der Waals surface area (Å²) in [6.07, 6.45) is 9.43. The van der Waals surface area contributed by atoms with E-state index in [-0.39, 0.29) is 0 Å². The highest BCUT2D eigenvalue weighted by Crippen LogP contribution is 2.28. The SMILES string of the molecule is CCCn1nc(C)c(N)c1NCCCC1CCCC1. The summed E-state index contributed by atoms with van der Waals surface area (Å²) in [5, 5.41) is 7.97. The van der Waals surface area contributed by atoms with Crippen LogP contribution in [0.5, 0.6) is 0 Å². The highest BCUT2D eigenvalue weighted by molar-refractivity contribution is 5.64. The van der Waals surface area contributed by atoms with Gasteiger partial charge in [-0.1, -0.05) is 32.6 Å². The van der Waals surface area contributed by atoms with E-state index in [4.69, 9.17) is 5.73 Å². The van der Waals surface area contributed by atoms with Gasteiger partial charge in [0.2, 0.25) is 0 Å². The molecule has 3 N–H and O–H groups in total. The van der Waals surface area contributed by atoms with E-state index in [1.807, 2.05) is 11.6 Å². The Kier molecular flexibility index (Phi) is 5.11. The second-order valence-corrected chi connectivity index (χ2v) is 5.79. The van der Waals surface area contributed by atoms with E-state index in [1.54, 1.807) is 0 Å². The molecule has 0 aliphatic heterocycles. The summed E-state index contributed by atoms with van der Waals surface area (Å²) in [6, 6.07) is 0. The van der Waals surface area contributed by atoms with Gasteiger partial charge in [0.05, 0.1) is 11.4 Å². The van der Waals surface area contributed by atoms with Gasteiger partial charge in [0.25, 0.3) is 0 Å². The summed E-state index contributed by atoms with van der Waals surface area (Å²) in [5.41, 5.74) is 7.84. The maximum atomic E-state index is 6.09. The minimum Gasteiger partial charge on any atom is -0.394 e. The number of anilines is 2. The lowest BCUT2D eigenvalue weighted by molar-refractivity contribution is 0.490. The largest absolute Gasteiger partial charge is 0.394 e. The molecule has 0 spiro atoms. The zero-order valence-corrected chi connectivity index (χ0v) is 12.4. The lowest BCUT2D eigenvalue weighted by atomic mass is 10.0. The monoisotopic (exact) mass is 264 g/mol. The number of aromatic nitrogens is 2. The zero-order valence-electron chi connectivity index (χ0n) is 12.4. The molecule has 0 amide bonds. The minimum absolute atomic E-state index is 0.814. The molecule has 0 aromatic carbocycles. The molecule has 1 aromatic heterocycles. The van der Waals surface area contributed by atoms with Crippen molar-refractivity contribution in [1.82, 2.24) is 9.78 Å². The number of rotatable bonds is 7. The Morgan fingerprint density at radius 1 is 1.37 bits per heavy atom. The van der Waals surface area contributed by atoms with Crippen molar-refractivity contribution in [2.45, 2.75) is 65.3 Å². The average Bonchev–Trinajstić information content (AvgIpc) is 2.98. The van der Waals surface area contributed by atoms with Gasteiger partial charge in [-0.3, -0.25) is 0 Å². The van der Waals surface area contributed by atoms with Gasteiger partial charge in [0.15, 0.2) is 0 Å². The number of nitrogens with two attached hydrogens (primary N) is 1. The molecular weight excluding hydrogens is 236 g/mol. The van der Waals surface area contributed by atoms with Gasteiger partial charge >= 0.3 is 0 Å². The van der Waals surface area contributed by atoms with Crippen LogP contribution in [-0.2, 0) is 6.54 Å². The number of aryl methyl sites for hydroxylation is 2. The van der Waals surface area contributed by atoms with Crippen LogP contribution in [0, 0.1) is 12.8 Å². The lowest BCUT2D eigenvalue weighted by Gasteiger charge is -2.12. The van der Waals surface area contributed by atoms with Crippen molar-refractivity contribution in [1.29, 1.82) is 0 Å². The van der Waals surface area contributed by atoms with Crippen LogP contribution in [0.4, 0.5) is 11.5 Å². The first-order chi connectivity index (χ1) is 9.22. The normalized spacial score (nSPS) is 16.1. The van der Waals surface area contributed by atoms with E-state index < -0.39 is 0 Å². The molecule has 4 nitrogen and oxygen atoms in total. The van der Waals surface area contributed by atoms with Crippen LogP contribution in [0.1, 0.15) is 57.6 Å². The Balaban J connectivity index is 1.80. The van der Waals surface area contributed by atoms with Gasteiger partial charge < -0.3 is 11.1 Å². The fourth-order valence-electron chi connectivity index (χ4n) is 3.05. The van der Waals surface area contributed by atoms with Crippen molar-refractivity contribution in [3.8, 4) is 0 Å². The van der Waals surface area contributed by atoms with Crippen molar-refractivity contribution < 1.29 is 0 Å². The van der Waals surface area contributed by atoms with Gasteiger partial charge in [-0.2, -0.15) is 5.10 Å². The summed E-state index contributed by atoms with van der Waals surface area (Å²) >= 11 is 0. The Morgan fingerprint density at radius 3 is 2.79 bits per heavy atom. The third kappa shape index (κ3) is 3.64. The standard InChI is InChI=1S/C15H28N4/c1-3-11-19-15(14(16)12(2)18-19)17-10-6-9-13-7-4-5-8-13/h13,17H,3-11,16H2,1-2H3. The van der Waals surface area contributed by atoms with Gasteiger partial charge in [-0.05, 0) is 32.1 Å². The Labute approximate surface area is 116 Å². The summed E-state index contributed by atoms with van der Waals surface area (Å²) in [5.74, 6) is 1.99. The number of nitrogens with zero attached hydrogens (tertiary/aromatic N) is 2. The van der Waals surface area contributed by atoms with Crippen LogP contribution < -0.4 is 11.1 Å². The second-order valence-electron chi connectivity index (χ2n) is 5.79. The fourth-order valence-corrected chi connectivity index (χ4v) is 3.05. The van der Waals surface area contributed by atoms with E-state index in [2.05, 4.69) is 17.3 Å². The van der Waals surface area contributed by atoms with Crippen molar-refractivity contribution >= 4 is 11.5 Å². The first kappa shape index (κ1) is 14.2. The van der Waals surface area contributed by atoms with Crippen LogP contribution in [0.2, 0.25) is 0 Å². The zero-order chi connectivity index (χ0) is 13.7. The van der Waals surface area contributed by atoms with Crippen molar-refractivity contribution in [2.75, 3.05) is 17.6 Å². The average molecular weight is 264 g/mol. The summed E-state index contributed by atoms with van der Waals surface area (Å²) < 4.78 is 2.01. The number of nitrogen functional groups attached to an aromatic ring is 1. The lowest BCUT2D eigenvalue weighted by Crippen LogP contribution is -2.11. The molecule has 4 heteroatoms. The van der Waals surface area contributed by atoms with Crippen LogP contribution in [0.15, 0.2) is 0 Å². The topological polar surface area (TPSA) is 55.9 Å². The van der Waals surface area contributed by atoms with E-state index in [9.17, 15) is 0 Å². The van der Waals surface area contributed by atoms with E-state index >= 15 is 0 Å². The minimum atomic E-state index is 0.814. The molecule has 19 heavy (non-hydrogen) atoms. The second kappa shape index (κ2) is 6.83.